The first-order valence-corrected chi connectivity index (χ1v) is 3.54. The largest absolute Gasteiger partial charge is 0.254 e. The van der Waals surface area contributed by atoms with Gasteiger partial charge in [-0.15, -0.1) is 0 Å². The summed E-state index contributed by atoms with van der Waals surface area (Å²) < 4.78 is 12.6. The maximum Gasteiger partial charge on any atom is 0.141 e. The third kappa shape index (κ3) is 1.64. The predicted molar refractivity (Wildman–Crippen MR) is 43.7 cm³/mol. The van der Waals surface area contributed by atoms with E-state index in [0.29, 0.717) is 0 Å². The topological polar surface area (TPSA) is 12.9 Å². The van der Waals surface area contributed by atoms with E-state index in [0.717, 1.165) is 17.7 Å². The molecule has 0 aliphatic carbocycles. The zero-order valence-corrected chi connectivity index (χ0v) is 6.47. The van der Waals surface area contributed by atoms with Crippen molar-refractivity contribution in [1.82, 2.24) is 4.98 Å². The maximum absolute atomic E-state index is 12.6. The van der Waals surface area contributed by atoms with E-state index in [1.165, 1.54) is 12.3 Å². The van der Waals surface area contributed by atoms with E-state index >= 15 is 0 Å². The number of aryl methyl sites for hydroxylation is 1. The molecule has 0 saturated carbocycles. The number of halogens is 1. The Hall–Kier alpha value is -1.18. The average Bonchev–Trinajstić information content (AvgIpc) is 2.04. The van der Waals surface area contributed by atoms with Gasteiger partial charge in [0.2, 0.25) is 0 Å². The molecule has 0 aromatic carbocycles. The maximum atomic E-state index is 12.6. The molecule has 0 fully saturated rings. The van der Waals surface area contributed by atoms with Gasteiger partial charge in [-0.1, -0.05) is 13.5 Å². The zero-order chi connectivity index (χ0) is 8.27. The lowest BCUT2D eigenvalue weighted by atomic mass is 10.1. The first-order valence-electron chi connectivity index (χ1n) is 3.54. The van der Waals surface area contributed by atoms with Gasteiger partial charge in [-0.25, -0.2) is 4.39 Å². The number of hydrogen-bond acceptors (Lipinski definition) is 1. The van der Waals surface area contributed by atoms with Crippen LogP contribution in [0, 0.1) is 5.82 Å². The van der Waals surface area contributed by atoms with Gasteiger partial charge in [0, 0.05) is 0 Å². The van der Waals surface area contributed by atoms with Crippen LogP contribution in [0.2, 0.25) is 0 Å². The Morgan fingerprint density at radius 2 is 2.45 bits per heavy atom. The van der Waals surface area contributed by atoms with E-state index in [4.69, 9.17) is 0 Å². The van der Waals surface area contributed by atoms with Gasteiger partial charge in [0.25, 0.3) is 0 Å². The molecule has 0 radical (unpaired) electrons. The Balaban J connectivity index is 3.16. The number of nitrogens with zero attached hydrogens (tertiary/aromatic N) is 1. The third-order valence-corrected chi connectivity index (χ3v) is 1.54. The first kappa shape index (κ1) is 7.92. The van der Waals surface area contributed by atoms with E-state index in [-0.39, 0.29) is 5.82 Å². The summed E-state index contributed by atoms with van der Waals surface area (Å²) in [7, 11) is 0. The van der Waals surface area contributed by atoms with E-state index in [2.05, 4.69) is 11.6 Å². The number of rotatable bonds is 2. The highest BCUT2D eigenvalue weighted by Gasteiger charge is 1.99. The van der Waals surface area contributed by atoms with Crippen molar-refractivity contribution in [3.63, 3.8) is 0 Å². The first-order chi connectivity index (χ1) is 5.27. The van der Waals surface area contributed by atoms with Crippen LogP contribution in [0.3, 0.4) is 0 Å². The Bertz CT molecular complexity index is 268. The summed E-state index contributed by atoms with van der Waals surface area (Å²) in [5, 5.41) is 0. The number of pyridine rings is 1. The molecule has 1 heterocycles. The van der Waals surface area contributed by atoms with Crippen LogP contribution in [0.1, 0.15) is 18.2 Å². The van der Waals surface area contributed by atoms with Crippen molar-refractivity contribution in [2.24, 2.45) is 0 Å². The quantitative estimate of drug-likeness (QED) is 0.632. The minimum absolute atomic E-state index is 0.285. The predicted octanol–water partition coefficient (Wildman–Crippen LogP) is 2.43. The second-order valence-electron chi connectivity index (χ2n) is 2.26. The Morgan fingerprint density at radius 3 is 3.00 bits per heavy atom. The second-order valence-corrected chi connectivity index (χ2v) is 2.26. The lowest BCUT2D eigenvalue weighted by Crippen LogP contribution is -1.91. The standard InChI is InChI=1S/C9H10FN/c1-3-7-5-8(10)6-11-9(7)4-2/h4-6H,2-3H2,1H3. The van der Waals surface area contributed by atoms with Crippen LogP contribution < -0.4 is 0 Å². The molecule has 1 rings (SSSR count). The minimum atomic E-state index is -0.285. The third-order valence-electron chi connectivity index (χ3n) is 1.54. The van der Waals surface area contributed by atoms with Crippen LogP contribution in [0.15, 0.2) is 18.8 Å². The molecule has 0 saturated heterocycles. The molecule has 0 aliphatic rings. The number of aromatic nitrogens is 1. The molecule has 0 atom stereocenters. The highest BCUT2D eigenvalue weighted by atomic mass is 19.1. The van der Waals surface area contributed by atoms with Gasteiger partial charge >= 0.3 is 0 Å². The van der Waals surface area contributed by atoms with Crippen LogP contribution >= 0.6 is 0 Å². The fourth-order valence-corrected chi connectivity index (χ4v) is 0.959. The molecule has 0 amide bonds. The van der Waals surface area contributed by atoms with Gasteiger partial charge in [-0.05, 0) is 24.1 Å². The molecule has 0 N–H and O–H groups in total. The van der Waals surface area contributed by atoms with Crippen LogP contribution in [-0.4, -0.2) is 4.98 Å². The second kappa shape index (κ2) is 3.28. The highest BCUT2D eigenvalue weighted by molar-refractivity contribution is 5.46. The summed E-state index contributed by atoms with van der Waals surface area (Å²) in [4.78, 5) is 3.87. The van der Waals surface area contributed by atoms with Crippen molar-refractivity contribution < 1.29 is 4.39 Å². The van der Waals surface area contributed by atoms with Crippen LogP contribution in [0.25, 0.3) is 6.08 Å². The Labute approximate surface area is 65.6 Å². The van der Waals surface area contributed by atoms with E-state index in [1.54, 1.807) is 6.08 Å². The summed E-state index contributed by atoms with van der Waals surface area (Å²) in [5.41, 5.74) is 1.67. The average molecular weight is 151 g/mol. The fraction of sp³-hybridized carbons (Fsp3) is 0.222. The molecular formula is C9H10FN. The molecular weight excluding hydrogens is 141 g/mol. The SMILES string of the molecule is C=Cc1ncc(F)cc1CC. The van der Waals surface area contributed by atoms with Crippen LogP contribution in [0.5, 0.6) is 0 Å². The van der Waals surface area contributed by atoms with Gasteiger partial charge in [0.05, 0.1) is 11.9 Å². The molecule has 1 nitrogen and oxygen atoms in total. The summed E-state index contributed by atoms with van der Waals surface area (Å²) in [5.74, 6) is -0.285. The zero-order valence-electron chi connectivity index (χ0n) is 6.47. The van der Waals surface area contributed by atoms with Crippen LogP contribution in [-0.2, 0) is 6.42 Å². The van der Waals surface area contributed by atoms with Crippen LogP contribution in [0.4, 0.5) is 4.39 Å². The van der Waals surface area contributed by atoms with E-state index in [9.17, 15) is 4.39 Å². The smallest absolute Gasteiger partial charge is 0.141 e. The molecule has 2 heteroatoms. The van der Waals surface area contributed by atoms with Gasteiger partial charge in [-0.2, -0.15) is 0 Å². The van der Waals surface area contributed by atoms with Crippen molar-refractivity contribution in [2.45, 2.75) is 13.3 Å². The molecule has 0 aliphatic heterocycles. The van der Waals surface area contributed by atoms with E-state index in [1.807, 2.05) is 6.92 Å². The fourth-order valence-electron chi connectivity index (χ4n) is 0.959. The van der Waals surface area contributed by atoms with Gasteiger partial charge in [0.1, 0.15) is 5.82 Å². The van der Waals surface area contributed by atoms with Crippen molar-refractivity contribution in [3.8, 4) is 0 Å². The van der Waals surface area contributed by atoms with Gasteiger partial charge in [-0.3, -0.25) is 4.98 Å². The van der Waals surface area contributed by atoms with Crippen molar-refractivity contribution in [1.29, 1.82) is 0 Å². The van der Waals surface area contributed by atoms with Gasteiger partial charge in [0.15, 0.2) is 0 Å². The highest BCUT2D eigenvalue weighted by Crippen LogP contribution is 2.09. The molecule has 0 spiro atoms. The summed E-state index contributed by atoms with van der Waals surface area (Å²) in [6.45, 7) is 5.55. The molecule has 58 valence electrons. The van der Waals surface area contributed by atoms with Crippen molar-refractivity contribution in [3.05, 3.63) is 35.9 Å². The minimum Gasteiger partial charge on any atom is -0.254 e. The molecule has 0 bridgehead atoms. The molecule has 1 aromatic rings. The van der Waals surface area contributed by atoms with Crippen molar-refractivity contribution >= 4 is 6.08 Å². The Kier molecular flexibility index (Phi) is 2.36. The molecule has 0 unspecified atom stereocenters. The monoisotopic (exact) mass is 151 g/mol. The van der Waals surface area contributed by atoms with E-state index < -0.39 is 0 Å². The molecule has 11 heavy (non-hydrogen) atoms. The Morgan fingerprint density at radius 1 is 1.73 bits per heavy atom. The number of hydrogen-bond donors (Lipinski definition) is 0. The van der Waals surface area contributed by atoms with Gasteiger partial charge < -0.3 is 0 Å². The molecule has 1 aromatic heterocycles. The van der Waals surface area contributed by atoms with Crippen molar-refractivity contribution in [2.75, 3.05) is 0 Å². The normalized spacial score (nSPS) is 9.64. The summed E-state index contributed by atoms with van der Waals surface area (Å²) in [6, 6.07) is 1.49. The lowest BCUT2D eigenvalue weighted by Gasteiger charge is -2.00. The lowest BCUT2D eigenvalue weighted by molar-refractivity contribution is 0.618. The summed E-state index contributed by atoms with van der Waals surface area (Å²) in [6.07, 6.45) is 3.63. The summed E-state index contributed by atoms with van der Waals surface area (Å²) >= 11 is 0.